The van der Waals surface area contributed by atoms with Crippen LogP contribution in [0.3, 0.4) is 0 Å². The second kappa shape index (κ2) is 7.47. The van der Waals surface area contributed by atoms with Crippen molar-refractivity contribution >= 4 is 12.1 Å². The Balaban J connectivity index is 2.48. The second-order valence-corrected chi connectivity index (χ2v) is 6.33. The van der Waals surface area contributed by atoms with Crippen LogP contribution in [0.2, 0.25) is 0 Å². The first kappa shape index (κ1) is 16.8. The molecule has 6 nitrogen and oxygen atoms in total. The van der Waals surface area contributed by atoms with Crippen molar-refractivity contribution < 1.29 is 19.4 Å². The van der Waals surface area contributed by atoms with E-state index in [-0.39, 0.29) is 18.3 Å². The third-order valence-electron chi connectivity index (χ3n) is 3.39. The molecule has 3 N–H and O–H groups in total. The van der Waals surface area contributed by atoms with E-state index >= 15 is 0 Å². The smallest absolute Gasteiger partial charge is 0.407 e. The van der Waals surface area contributed by atoms with Crippen LogP contribution in [0.4, 0.5) is 4.79 Å². The Morgan fingerprint density at radius 2 is 1.85 bits per heavy atom. The SMILES string of the molecule is CC(C)(C)OC(=O)NC[C@@H]1CCNCC[C@@H]1CC(=O)O. The molecule has 0 radical (unpaired) electrons. The zero-order valence-corrected chi connectivity index (χ0v) is 12.6. The summed E-state index contributed by atoms with van der Waals surface area (Å²) < 4.78 is 5.19. The molecular weight excluding hydrogens is 260 g/mol. The molecule has 1 aliphatic rings. The number of rotatable bonds is 4. The Kier molecular flexibility index (Phi) is 6.26. The Morgan fingerprint density at radius 3 is 2.40 bits per heavy atom. The van der Waals surface area contributed by atoms with Crippen LogP contribution in [0.1, 0.15) is 40.0 Å². The fraction of sp³-hybridized carbons (Fsp3) is 0.857. The molecule has 1 rings (SSSR count). The average Bonchev–Trinajstić information content (AvgIpc) is 2.49. The van der Waals surface area contributed by atoms with Crippen molar-refractivity contribution in [3.8, 4) is 0 Å². The first-order valence-electron chi connectivity index (χ1n) is 7.17. The zero-order chi connectivity index (χ0) is 15.2. The van der Waals surface area contributed by atoms with Gasteiger partial charge in [-0.05, 0) is 58.5 Å². The highest BCUT2D eigenvalue weighted by molar-refractivity contribution is 5.68. The molecule has 20 heavy (non-hydrogen) atoms. The first-order valence-corrected chi connectivity index (χ1v) is 7.17. The highest BCUT2D eigenvalue weighted by atomic mass is 16.6. The molecular formula is C14H26N2O4. The lowest BCUT2D eigenvalue weighted by molar-refractivity contribution is -0.138. The van der Waals surface area contributed by atoms with Crippen molar-refractivity contribution in [2.45, 2.75) is 45.6 Å². The monoisotopic (exact) mass is 286 g/mol. The number of nitrogens with one attached hydrogen (secondary N) is 2. The quantitative estimate of drug-likeness (QED) is 0.730. The zero-order valence-electron chi connectivity index (χ0n) is 12.6. The molecule has 0 aromatic heterocycles. The minimum Gasteiger partial charge on any atom is -0.481 e. The maximum absolute atomic E-state index is 11.7. The van der Waals surface area contributed by atoms with Gasteiger partial charge in [0.15, 0.2) is 0 Å². The number of hydrogen-bond donors (Lipinski definition) is 3. The van der Waals surface area contributed by atoms with Gasteiger partial charge >= 0.3 is 12.1 Å². The van der Waals surface area contributed by atoms with Crippen LogP contribution < -0.4 is 10.6 Å². The maximum atomic E-state index is 11.7. The van der Waals surface area contributed by atoms with Crippen LogP contribution in [0, 0.1) is 11.8 Å². The van der Waals surface area contributed by atoms with Crippen LogP contribution in [-0.2, 0) is 9.53 Å². The molecule has 0 spiro atoms. The van der Waals surface area contributed by atoms with Gasteiger partial charge in [0.05, 0.1) is 0 Å². The van der Waals surface area contributed by atoms with Crippen molar-refractivity contribution in [3.05, 3.63) is 0 Å². The summed E-state index contributed by atoms with van der Waals surface area (Å²) in [6, 6.07) is 0. The van der Waals surface area contributed by atoms with E-state index < -0.39 is 17.7 Å². The number of aliphatic carboxylic acids is 1. The molecule has 0 aliphatic carbocycles. The number of amides is 1. The highest BCUT2D eigenvalue weighted by Crippen LogP contribution is 2.24. The van der Waals surface area contributed by atoms with Crippen molar-refractivity contribution in [1.82, 2.24) is 10.6 Å². The predicted octanol–water partition coefficient (Wildman–Crippen LogP) is 1.60. The highest BCUT2D eigenvalue weighted by Gasteiger charge is 2.26. The number of carbonyl (C=O) groups is 2. The summed E-state index contributed by atoms with van der Waals surface area (Å²) in [6.45, 7) is 7.60. The minimum atomic E-state index is -0.779. The van der Waals surface area contributed by atoms with Crippen molar-refractivity contribution in [3.63, 3.8) is 0 Å². The largest absolute Gasteiger partial charge is 0.481 e. The van der Waals surface area contributed by atoms with Gasteiger partial charge in [0, 0.05) is 13.0 Å². The molecule has 1 fully saturated rings. The van der Waals surface area contributed by atoms with E-state index in [1.807, 2.05) is 20.8 Å². The standard InChI is InChI=1S/C14H26N2O4/c1-14(2,3)20-13(19)16-9-11-5-7-15-6-4-10(11)8-12(17)18/h10-11,15H,4-9H2,1-3H3,(H,16,19)(H,17,18)/t10-,11+/m1/s1. The van der Waals surface area contributed by atoms with Gasteiger partial charge in [-0.2, -0.15) is 0 Å². The summed E-state index contributed by atoms with van der Waals surface area (Å²) >= 11 is 0. The van der Waals surface area contributed by atoms with Gasteiger partial charge in [0.1, 0.15) is 5.60 Å². The third kappa shape index (κ3) is 6.75. The molecule has 0 unspecified atom stereocenters. The number of carboxylic acids is 1. The summed E-state index contributed by atoms with van der Waals surface area (Å²) in [5.74, 6) is -0.509. The summed E-state index contributed by atoms with van der Waals surface area (Å²) in [5, 5.41) is 15.0. The number of carbonyl (C=O) groups excluding carboxylic acids is 1. The van der Waals surface area contributed by atoms with Gasteiger partial charge in [0.25, 0.3) is 0 Å². The topological polar surface area (TPSA) is 87.7 Å². The Labute approximate surface area is 120 Å². The summed E-state index contributed by atoms with van der Waals surface area (Å²) in [5.41, 5.74) is -0.518. The van der Waals surface area contributed by atoms with Crippen molar-refractivity contribution in [1.29, 1.82) is 0 Å². The maximum Gasteiger partial charge on any atom is 0.407 e. The molecule has 1 saturated heterocycles. The molecule has 116 valence electrons. The summed E-state index contributed by atoms with van der Waals surface area (Å²) in [7, 11) is 0. The molecule has 0 aromatic rings. The Morgan fingerprint density at radius 1 is 1.25 bits per heavy atom. The molecule has 1 amide bonds. The lowest BCUT2D eigenvalue weighted by atomic mass is 9.85. The first-order chi connectivity index (χ1) is 9.28. The van der Waals surface area contributed by atoms with E-state index in [4.69, 9.17) is 9.84 Å². The molecule has 2 atom stereocenters. The van der Waals surface area contributed by atoms with Crippen LogP contribution in [0.25, 0.3) is 0 Å². The lowest BCUT2D eigenvalue weighted by Crippen LogP contribution is -2.37. The van der Waals surface area contributed by atoms with Crippen LogP contribution in [0.15, 0.2) is 0 Å². The van der Waals surface area contributed by atoms with Crippen molar-refractivity contribution in [2.24, 2.45) is 11.8 Å². The number of ether oxygens (including phenoxy) is 1. The lowest BCUT2D eigenvalue weighted by Gasteiger charge is -2.25. The van der Waals surface area contributed by atoms with Crippen molar-refractivity contribution in [2.75, 3.05) is 19.6 Å². The summed E-state index contributed by atoms with van der Waals surface area (Å²) in [4.78, 5) is 22.6. The molecule has 1 aliphatic heterocycles. The van der Waals surface area contributed by atoms with E-state index in [2.05, 4.69) is 10.6 Å². The van der Waals surface area contributed by atoms with E-state index in [0.29, 0.717) is 6.54 Å². The normalized spacial score (nSPS) is 23.8. The Bertz CT molecular complexity index is 339. The van der Waals surface area contributed by atoms with E-state index in [1.54, 1.807) is 0 Å². The van der Waals surface area contributed by atoms with Crippen LogP contribution >= 0.6 is 0 Å². The van der Waals surface area contributed by atoms with Gasteiger partial charge in [-0.3, -0.25) is 4.79 Å². The van der Waals surface area contributed by atoms with Crippen LogP contribution in [-0.4, -0.2) is 42.4 Å². The van der Waals surface area contributed by atoms with E-state index in [9.17, 15) is 9.59 Å². The van der Waals surface area contributed by atoms with Gasteiger partial charge in [0.2, 0.25) is 0 Å². The molecule has 0 aromatic carbocycles. The van der Waals surface area contributed by atoms with Gasteiger partial charge in [-0.15, -0.1) is 0 Å². The summed E-state index contributed by atoms with van der Waals surface area (Å²) in [6.07, 6.45) is 1.41. The minimum absolute atomic E-state index is 0.0948. The molecule has 6 heteroatoms. The van der Waals surface area contributed by atoms with Gasteiger partial charge in [-0.25, -0.2) is 4.79 Å². The Hall–Kier alpha value is -1.30. The molecule has 0 saturated carbocycles. The van der Waals surface area contributed by atoms with E-state index in [1.165, 1.54) is 0 Å². The third-order valence-corrected chi connectivity index (χ3v) is 3.39. The average molecular weight is 286 g/mol. The fourth-order valence-electron chi connectivity index (χ4n) is 2.46. The van der Waals surface area contributed by atoms with Gasteiger partial charge in [-0.1, -0.05) is 0 Å². The number of alkyl carbamates (subject to hydrolysis) is 1. The van der Waals surface area contributed by atoms with E-state index in [0.717, 1.165) is 25.9 Å². The predicted molar refractivity (Wildman–Crippen MR) is 75.6 cm³/mol. The molecule has 1 heterocycles. The number of carboxylic acid groups (broad SMARTS) is 1. The van der Waals surface area contributed by atoms with Gasteiger partial charge < -0.3 is 20.5 Å². The van der Waals surface area contributed by atoms with Crippen LogP contribution in [0.5, 0.6) is 0 Å². The molecule has 0 bridgehead atoms. The fourth-order valence-corrected chi connectivity index (χ4v) is 2.46. The number of hydrogen-bond acceptors (Lipinski definition) is 4. The second-order valence-electron chi connectivity index (χ2n) is 6.33.